The zero-order chi connectivity index (χ0) is 64.9. The van der Waals surface area contributed by atoms with Crippen molar-refractivity contribution in [3.63, 3.8) is 0 Å². The van der Waals surface area contributed by atoms with Gasteiger partial charge in [-0.25, -0.2) is 0 Å². The van der Waals surface area contributed by atoms with Crippen molar-refractivity contribution in [2.45, 2.75) is 384 Å². The molecule has 0 bridgehead atoms. The fourth-order valence-corrected chi connectivity index (χ4v) is 11.7. The second-order valence-corrected chi connectivity index (χ2v) is 26.1. The summed E-state index contributed by atoms with van der Waals surface area (Å²) < 4.78 is 11.3. The van der Waals surface area contributed by atoms with Crippen LogP contribution in [0.25, 0.3) is 0 Å². The van der Waals surface area contributed by atoms with E-state index in [4.69, 9.17) is 9.47 Å². The van der Waals surface area contributed by atoms with Gasteiger partial charge in [-0.2, -0.15) is 0 Å². The van der Waals surface area contributed by atoms with Gasteiger partial charge in [-0.1, -0.05) is 361 Å². The first kappa shape index (κ1) is 84.9. The predicted octanol–water partition coefficient (Wildman–Crippen LogP) is 21.6. The zero-order valence-corrected chi connectivity index (χ0v) is 58.4. The minimum Gasteiger partial charge on any atom is -0.394 e. The van der Waals surface area contributed by atoms with Crippen LogP contribution in [-0.2, 0) is 14.3 Å². The molecule has 0 aromatic heterocycles. The standard InChI is InChI=1S/C81H143NO8/c1-3-5-7-9-11-13-15-17-19-21-23-25-27-29-31-33-35-36-37-38-39-40-41-43-45-47-49-51-53-55-57-59-61-63-65-67-69-71-77(85)82-74(73-89-81-80(88)79(87)78(86)76(72-83)90-81)75(84)70-68-66-64-62-60-58-56-54-52-50-48-46-44-42-34-32-30-28-26-24-22-20-18-16-14-12-10-8-6-4-2/h5,7,11,13,17,19,23,25,29,31,35-36,38-39,41,43,68,70,74-76,78-81,83-84,86-88H,3-4,6,8-10,12,14-16,18,20-22,24,26-28,30,32-34,37,40,42,44-67,69,71-73H2,1-2H3,(H,82,85)/b7-5-,13-11-,19-17-,25-23-,31-29-,36-35-,39-38-,43-41-,70-68+. The number of hydrogen-bond acceptors (Lipinski definition) is 8. The lowest BCUT2D eigenvalue weighted by atomic mass is 9.99. The summed E-state index contributed by atoms with van der Waals surface area (Å²) in [4.78, 5) is 13.2. The van der Waals surface area contributed by atoms with Crippen molar-refractivity contribution >= 4 is 5.91 Å². The first-order valence-corrected chi connectivity index (χ1v) is 38.1. The van der Waals surface area contributed by atoms with Gasteiger partial charge in [0.15, 0.2) is 6.29 Å². The summed E-state index contributed by atoms with van der Waals surface area (Å²) in [5.41, 5.74) is 0. The third-order valence-corrected chi connectivity index (χ3v) is 17.6. The lowest BCUT2D eigenvalue weighted by Crippen LogP contribution is -2.60. The van der Waals surface area contributed by atoms with Crippen LogP contribution >= 0.6 is 0 Å². The van der Waals surface area contributed by atoms with Crippen molar-refractivity contribution in [2.24, 2.45) is 0 Å². The smallest absolute Gasteiger partial charge is 0.220 e. The molecule has 0 aliphatic carbocycles. The molecule has 520 valence electrons. The average Bonchev–Trinajstić information content (AvgIpc) is 1.28. The van der Waals surface area contributed by atoms with E-state index in [9.17, 15) is 30.3 Å². The van der Waals surface area contributed by atoms with Gasteiger partial charge in [-0.15, -0.1) is 0 Å². The molecule has 0 aromatic carbocycles. The Kier molecular flexibility index (Phi) is 64.8. The Balaban J connectivity index is 2.12. The second kappa shape index (κ2) is 68.7. The van der Waals surface area contributed by atoms with Crippen molar-refractivity contribution < 1.29 is 39.8 Å². The number of ether oxygens (including phenoxy) is 2. The molecule has 7 atom stereocenters. The van der Waals surface area contributed by atoms with Gasteiger partial charge in [0.05, 0.1) is 25.4 Å². The number of carbonyl (C=O) groups excluding carboxylic acids is 1. The second-order valence-electron chi connectivity index (χ2n) is 26.1. The molecule has 1 aliphatic rings. The predicted molar refractivity (Wildman–Crippen MR) is 387 cm³/mol. The molecule has 0 aromatic rings. The highest BCUT2D eigenvalue weighted by molar-refractivity contribution is 5.76. The number of carbonyl (C=O) groups is 1. The fraction of sp³-hybridized carbons (Fsp3) is 0.765. The molecular formula is C81H143NO8. The van der Waals surface area contributed by atoms with Crippen LogP contribution in [0.5, 0.6) is 0 Å². The molecule has 0 saturated carbocycles. The summed E-state index contributed by atoms with van der Waals surface area (Å²) in [6.45, 7) is 3.70. The highest BCUT2D eigenvalue weighted by Gasteiger charge is 2.44. The van der Waals surface area contributed by atoms with Crippen LogP contribution in [0.3, 0.4) is 0 Å². The monoisotopic (exact) mass is 1260 g/mol. The van der Waals surface area contributed by atoms with E-state index in [0.717, 1.165) is 89.9 Å². The summed E-state index contributed by atoms with van der Waals surface area (Å²) in [5.74, 6) is -0.179. The number of unbranched alkanes of at least 4 members (excludes halogenated alkanes) is 40. The van der Waals surface area contributed by atoms with E-state index in [1.165, 1.54) is 231 Å². The van der Waals surface area contributed by atoms with E-state index >= 15 is 0 Å². The van der Waals surface area contributed by atoms with E-state index < -0.39 is 49.5 Å². The molecule has 1 aliphatic heterocycles. The number of hydrogen-bond donors (Lipinski definition) is 6. The first-order chi connectivity index (χ1) is 44.3. The highest BCUT2D eigenvalue weighted by Crippen LogP contribution is 2.23. The van der Waals surface area contributed by atoms with Crippen LogP contribution in [0.4, 0.5) is 0 Å². The average molecular weight is 1260 g/mol. The van der Waals surface area contributed by atoms with Crippen molar-refractivity contribution in [1.29, 1.82) is 0 Å². The molecule has 1 fully saturated rings. The molecule has 0 radical (unpaired) electrons. The summed E-state index contributed by atoms with van der Waals surface area (Å²) in [7, 11) is 0. The Hall–Kier alpha value is -3.15. The van der Waals surface area contributed by atoms with Crippen LogP contribution in [0, 0.1) is 0 Å². The molecule has 6 N–H and O–H groups in total. The van der Waals surface area contributed by atoms with Gasteiger partial charge in [0.1, 0.15) is 24.4 Å². The van der Waals surface area contributed by atoms with Gasteiger partial charge in [0.2, 0.25) is 5.91 Å². The van der Waals surface area contributed by atoms with E-state index in [0.29, 0.717) is 6.42 Å². The van der Waals surface area contributed by atoms with Gasteiger partial charge in [-0.05, 0) is 83.5 Å². The molecule has 1 amide bonds. The topological polar surface area (TPSA) is 149 Å². The van der Waals surface area contributed by atoms with Crippen molar-refractivity contribution in [2.75, 3.05) is 13.2 Å². The summed E-state index contributed by atoms with van der Waals surface area (Å²) in [5, 5.41) is 54.9. The van der Waals surface area contributed by atoms with Crippen LogP contribution in [0.15, 0.2) is 109 Å². The van der Waals surface area contributed by atoms with Gasteiger partial charge < -0.3 is 40.3 Å². The Morgan fingerprint density at radius 3 is 1.02 bits per heavy atom. The number of rotatable bonds is 66. The largest absolute Gasteiger partial charge is 0.394 e. The highest BCUT2D eigenvalue weighted by atomic mass is 16.7. The maximum Gasteiger partial charge on any atom is 0.220 e. The normalized spacial score (nSPS) is 18.4. The molecule has 1 saturated heterocycles. The SMILES string of the molecule is CC/C=C\C/C=C\C/C=C\C/C=C\C/C=C\C/C=C\C/C=C\C/C=C\CCCCCCCCCCCCCCC(=O)NC(COC1OC(CO)C(O)C(O)C1O)C(O)/C=C/CCCCCCCCCCCCCCCCCCCCCCCCCCCCCC. The summed E-state index contributed by atoms with van der Waals surface area (Å²) in [6, 6.07) is -0.815. The fourth-order valence-electron chi connectivity index (χ4n) is 11.7. The molecular weight excluding hydrogens is 1110 g/mol. The lowest BCUT2D eigenvalue weighted by molar-refractivity contribution is -0.302. The Morgan fingerprint density at radius 2 is 0.689 bits per heavy atom. The zero-order valence-electron chi connectivity index (χ0n) is 58.4. The molecule has 9 nitrogen and oxygen atoms in total. The Morgan fingerprint density at radius 1 is 0.389 bits per heavy atom. The number of nitrogens with one attached hydrogen (secondary N) is 1. The molecule has 1 rings (SSSR count). The third kappa shape index (κ3) is 56.4. The number of amides is 1. The van der Waals surface area contributed by atoms with E-state index in [-0.39, 0.29) is 12.5 Å². The van der Waals surface area contributed by atoms with Gasteiger partial charge in [-0.3, -0.25) is 4.79 Å². The molecule has 9 heteroatoms. The van der Waals surface area contributed by atoms with Crippen LogP contribution in [0.2, 0.25) is 0 Å². The minimum atomic E-state index is -1.57. The van der Waals surface area contributed by atoms with E-state index in [1.54, 1.807) is 6.08 Å². The maximum atomic E-state index is 13.2. The molecule has 0 spiro atoms. The molecule has 1 heterocycles. The quantitative estimate of drug-likeness (QED) is 0.0261. The van der Waals surface area contributed by atoms with Gasteiger partial charge >= 0.3 is 0 Å². The van der Waals surface area contributed by atoms with Crippen LogP contribution < -0.4 is 5.32 Å². The Labute approximate surface area is 555 Å². The minimum absolute atomic E-state index is 0.179. The molecule has 90 heavy (non-hydrogen) atoms. The number of aliphatic hydroxyl groups excluding tert-OH is 5. The third-order valence-electron chi connectivity index (χ3n) is 17.6. The number of allylic oxidation sites excluding steroid dienone is 17. The van der Waals surface area contributed by atoms with Crippen LogP contribution in [0.1, 0.15) is 341 Å². The summed E-state index contributed by atoms with van der Waals surface area (Å²) in [6.07, 6.45) is 94.9. The van der Waals surface area contributed by atoms with Crippen LogP contribution in [-0.4, -0.2) is 87.5 Å². The van der Waals surface area contributed by atoms with Crippen molar-refractivity contribution in [3.05, 3.63) is 109 Å². The van der Waals surface area contributed by atoms with Crippen molar-refractivity contribution in [1.82, 2.24) is 5.32 Å². The lowest BCUT2D eigenvalue weighted by Gasteiger charge is -2.40. The maximum absolute atomic E-state index is 13.2. The number of aliphatic hydroxyl groups is 5. The van der Waals surface area contributed by atoms with E-state index in [1.807, 2.05) is 6.08 Å². The van der Waals surface area contributed by atoms with Gasteiger partial charge in [0, 0.05) is 6.42 Å². The molecule has 7 unspecified atom stereocenters. The summed E-state index contributed by atoms with van der Waals surface area (Å²) >= 11 is 0. The Bertz CT molecular complexity index is 1800. The van der Waals surface area contributed by atoms with Crippen molar-refractivity contribution in [3.8, 4) is 0 Å². The van der Waals surface area contributed by atoms with Gasteiger partial charge in [0.25, 0.3) is 0 Å². The van der Waals surface area contributed by atoms with E-state index in [2.05, 4.69) is 116 Å². The first-order valence-electron chi connectivity index (χ1n) is 38.1.